The van der Waals surface area contributed by atoms with Crippen molar-refractivity contribution in [1.82, 2.24) is 4.90 Å². The van der Waals surface area contributed by atoms with E-state index in [0.29, 0.717) is 5.92 Å². The molecule has 24 heavy (non-hydrogen) atoms. The summed E-state index contributed by atoms with van der Waals surface area (Å²) in [5.74, 6) is -0.258. The SMILES string of the molecule is CC(C)(C)OC(=O)N1CCC(Cc2ccc(CC(=O)O)cc2)CC1. The number of likely N-dealkylation sites (tertiary alicyclic amines) is 1. The third-order valence-corrected chi connectivity index (χ3v) is 4.17. The summed E-state index contributed by atoms with van der Waals surface area (Å²) < 4.78 is 5.41. The number of carboxylic acid groups (broad SMARTS) is 1. The molecule has 1 heterocycles. The van der Waals surface area contributed by atoms with Crippen LogP contribution in [0.25, 0.3) is 0 Å². The Labute approximate surface area is 143 Å². The summed E-state index contributed by atoms with van der Waals surface area (Å²) in [4.78, 5) is 24.6. The van der Waals surface area contributed by atoms with E-state index in [1.165, 1.54) is 5.56 Å². The molecule has 1 N–H and O–H groups in total. The Balaban J connectivity index is 1.80. The summed E-state index contributed by atoms with van der Waals surface area (Å²) in [5.41, 5.74) is 1.59. The predicted octanol–water partition coefficient (Wildman–Crippen LogP) is 3.50. The number of hydrogen-bond donors (Lipinski definition) is 1. The lowest BCUT2D eigenvalue weighted by molar-refractivity contribution is -0.136. The molecule has 1 saturated heterocycles. The van der Waals surface area contributed by atoms with E-state index in [1.54, 1.807) is 4.90 Å². The predicted molar refractivity (Wildman–Crippen MR) is 92.0 cm³/mol. The quantitative estimate of drug-likeness (QED) is 0.916. The lowest BCUT2D eigenvalue weighted by atomic mass is 9.90. The van der Waals surface area contributed by atoms with E-state index in [4.69, 9.17) is 9.84 Å². The molecule has 1 aromatic carbocycles. The Morgan fingerprint density at radius 1 is 1.12 bits per heavy atom. The smallest absolute Gasteiger partial charge is 0.410 e. The number of carbonyl (C=O) groups excluding carboxylic acids is 1. The van der Waals surface area contributed by atoms with Gasteiger partial charge in [-0.3, -0.25) is 4.79 Å². The molecule has 1 aliphatic rings. The van der Waals surface area contributed by atoms with Crippen LogP contribution >= 0.6 is 0 Å². The zero-order chi connectivity index (χ0) is 17.7. The molecule has 0 aliphatic carbocycles. The van der Waals surface area contributed by atoms with Gasteiger partial charge in [0, 0.05) is 13.1 Å². The molecule has 5 heteroatoms. The standard InChI is InChI=1S/C19H27NO4/c1-19(2,3)24-18(23)20-10-8-16(9-11-20)12-14-4-6-15(7-5-14)13-17(21)22/h4-7,16H,8-13H2,1-3H3,(H,21,22). The first-order valence-corrected chi connectivity index (χ1v) is 8.50. The fourth-order valence-electron chi connectivity index (χ4n) is 2.95. The molecular formula is C19H27NO4. The van der Waals surface area contributed by atoms with Gasteiger partial charge in [0.05, 0.1) is 6.42 Å². The van der Waals surface area contributed by atoms with E-state index in [9.17, 15) is 9.59 Å². The van der Waals surface area contributed by atoms with Gasteiger partial charge in [-0.1, -0.05) is 24.3 Å². The Kier molecular flexibility index (Phi) is 5.86. The zero-order valence-electron chi connectivity index (χ0n) is 14.7. The third kappa shape index (κ3) is 5.87. The number of piperidine rings is 1. The summed E-state index contributed by atoms with van der Waals surface area (Å²) in [6.45, 7) is 7.11. The van der Waals surface area contributed by atoms with Gasteiger partial charge >= 0.3 is 12.1 Å². The van der Waals surface area contributed by atoms with Gasteiger partial charge in [0.2, 0.25) is 0 Å². The van der Waals surface area contributed by atoms with Gasteiger partial charge in [0.15, 0.2) is 0 Å². The highest BCUT2D eigenvalue weighted by Crippen LogP contribution is 2.23. The van der Waals surface area contributed by atoms with Crippen LogP contribution in [0.3, 0.4) is 0 Å². The van der Waals surface area contributed by atoms with Gasteiger partial charge in [-0.25, -0.2) is 4.79 Å². The van der Waals surface area contributed by atoms with Crippen molar-refractivity contribution in [3.8, 4) is 0 Å². The van der Waals surface area contributed by atoms with Crippen molar-refractivity contribution < 1.29 is 19.4 Å². The van der Waals surface area contributed by atoms with Crippen molar-refractivity contribution in [2.75, 3.05) is 13.1 Å². The van der Waals surface area contributed by atoms with Gasteiger partial charge < -0.3 is 14.7 Å². The van der Waals surface area contributed by atoms with Crippen molar-refractivity contribution in [3.63, 3.8) is 0 Å². The fourth-order valence-corrected chi connectivity index (χ4v) is 2.95. The molecule has 0 aromatic heterocycles. The van der Waals surface area contributed by atoms with E-state index in [1.807, 2.05) is 45.0 Å². The maximum Gasteiger partial charge on any atom is 0.410 e. The highest BCUT2D eigenvalue weighted by Gasteiger charge is 2.26. The Morgan fingerprint density at radius 3 is 2.17 bits per heavy atom. The normalized spacial score (nSPS) is 16.0. The maximum absolute atomic E-state index is 12.1. The van der Waals surface area contributed by atoms with Gasteiger partial charge in [-0.15, -0.1) is 0 Å². The minimum Gasteiger partial charge on any atom is -0.481 e. The molecule has 0 saturated carbocycles. The largest absolute Gasteiger partial charge is 0.481 e. The molecule has 0 spiro atoms. The number of hydrogen-bond acceptors (Lipinski definition) is 3. The lowest BCUT2D eigenvalue weighted by Gasteiger charge is -2.33. The molecule has 1 aromatic rings. The summed E-state index contributed by atoms with van der Waals surface area (Å²) in [6, 6.07) is 7.80. The topological polar surface area (TPSA) is 66.8 Å². The van der Waals surface area contributed by atoms with Crippen LogP contribution in [0.4, 0.5) is 4.79 Å². The van der Waals surface area contributed by atoms with Gasteiger partial charge in [0.1, 0.15) is 5.60 Å². The molecule has 1 fully saturated rings. The monoisotopic (exact) mass is 333 g/mol. The number of nitrogens with zero attached hydrogens (tertiary/aromatic N) is 1. The van der Waals surface area contributed by atoms with Crippen molar-refractivity contribution in [3.05, 3.63) is 35.4 Å². The lowest BCUT2D eigenvalue weighted by Crippen LogP contribution is -2.42. The van der Waals surface area contributed by atoms with Crippen molar-refractivity contribution in [1.29, 1.82) is 0 Å². The molecule has 0 bridgehead atoms. The van der Waals surface area contributed by atoms with Gasteiger partial charge in [-0.2, -0.15) is 0 Å². The molecule has 0 radical (unpaired) electrons. The van der Waals surface area contributed by atoms with Crippen LogP contribution in [-0.2, 0) is 22.4 Å². The average molecular weight is 333 g/mol. The second-order valence-electron chi connectivity index (χ2n) is 7.50. The van der Waals surface area contributed by atoms with Crippen LogP contribution in [0.1, 0.15) is 44.7 Å². The average Bonchev–Trinajstić information content (AvgIpc) is 2.48. The van der Waals surface area contributed by atoms with Gasteiger partial charge in [0.25, 0.3) is 0 Å². The summed E-state index contributed by atoms with van der Waals surface area (Å²) in [7, 11) is 0. The first-order chi connectivity index (χ1) is 11.2. The summed E-state index contributed by atoms with van der Waals surface area (Å²) >= 11 is 0. The maximum atomic E-state index is 12.1. The summed E-state index contributed by atoms with van der Waals surface area (Å²) in [5, 5.41) is 8.80. The number of carboxylic acids is 1. The second kappa shape index (κ2) is 7.69. The first kappa shape index (κ1) is 18.3. The number of amides is 1. The van der Waals surface area contributed by atoms with Crippen LogP contribution in [-0.4, -0.2) is 40.8 Å². The molecule has 5 nitrogen and oxygen atoms in total. The molecule has 2 rings (SSSR count). The fraction of sp³-hybridized carbons (Fsp3) is 0.579. The molecule has 1 amide bonds. The molecule has 1 aliphatic heterocycles. The van der Waals surface area contributed by atoms with E-state index in [2.05, 4.69) is 0 Å². The van der Waals surface area contributed by atoms with Crippen LogP contribution in [0.2, 0.25) is 0 Å². The number of carbonyl (C=O) groups is 2. The highest BCUT2D eigenvalue weighted by molar-refractivity contribution is 5.70. The number of ether oxygens (including phenoxy) is 1. The van der Waals surface area contributed by atoms with E-state index < -0.39 is 11.6 Å². The van der Waals surface area contributed by atoms with Crippen LogP contribution in [0, 0.1) is 5.92 Å². The first-order valence-electron chi connectivity index (χ1n) is 8.50. The molecule has 132 valence electrons. The van der Waals surface area contributed by atoms with Crippen molar-refractivity contribution in [2.24, 2.45) is 5.92 Å². The number of benzene rings is 1. The minimum atomic E-state index is -0.808. The van der Waals surface area contributed by atoms with Gasteiger partial charge in [-0.05, 0) is 57.1 Å². The number of rotatable bonds is 4. The Morgan fingerprint density at radius 2 is 1.67 bits per heavy atom. The van der Waals surface area contributed by atoms with Crippen LogP contribution < -0.4 is 0 Å². The minimum absolute atomic E-state index is 0.0640. The zero-order valence-corrected chi connectivity index (χ0v) is 14.7. The highest BCUT2D eigenvalue weighted by atomic mass is 16.6. The van der Waals surface area contributed by atoms with E-state index >= 15 is 0 Å². The second-order valence-corrected chi connectivity index (χ2v) is 7.50. The third-order valence-electron chi connectivity index (χ3n) is 4.17. The summed E-state index contributed by atoms with van der Waals surface area (Å²) in [6.07, 6.45) is 2.75. The molecule has 0 atom stereocenters. The van der Waals surface area contributed by atoms with Crippen LogP contribution in [0.15, 0.2) is 24.3 Å². The van der Waals surface area contributed by atoms with Crippen LogP contribution in [0.5, 0.6) is 0 Å². The Hall–Kier alpha value is -2.04. The molecule has 0 unspecified atom stereocenters. The van der Waals surface area contributed by atoms with E-state index in [-0.39, 0.29) is 12.5 Å². The Bertz CT molecular complexity index is 566. The van der Waals surface area contributed by atoms with Crippen molar-refractivity contribution >= 4 is 12.1 Å². The van der Waals surface area contributed by atoms with E-state index in [0.717, 1.165) is 37.9 Å². The molecular weight excluding hydrogens is 306 g/mol. The number of aliphatic carboxylic acids is 1. The van der Waals surface area contributed by atoms with Crippen molar-refractivity contribution in [2.45, 2.75) is 52.1 Å².